The molecule has 41 heavy (non-hydrogen) atoms. The number of ketones is 1. The molecule has 2 aliphatic heterocycles. The molecule has 0 unspecified atom stereocenters. The largest absolute Gasteiger partial charge is 0.469 e. The van der Waals surface area contributed by atoms with Crippen molar-refractivity contribution in [3.05, 3.63) is 11.6 Å². The lowest BCUT2D eigenvalue weighted by Crippen LogP contribution is -2.52. The fourth-order valence-electron chi connectivity index (χ4n) is 7.54. The first-order valence-corrected chi connectivity index (χ1v) is 14.9. The zero-order valence-corrected chi connectivity index (χ0v) is 25.4. The molecule has 2 saturated heterocycles. The molecule has 0 N–H and O–H groups in total. The summed E-state index contributed by atoms with van der Waals surface area (Å²) < 4.78 is 34.1. The van der Waals surface area contributed by atoms with E-state index in [2.05, 4.69) is 13.0 Å². The summed E-state index contributed by atoms with van der Waals surface area (Å²) in [6.45, 7) is 8.99. The van der Waals surface area contributed by atoms with Gasteiger partial charge in [-0.05, 0) is 46.0 Å². The first-order chi connectivity index (χ1) is 19.4. The highest BCUT2D eigenvalue weighted by Gasteiger charge is 2.53. The number of cyclic esters (lactones) is 1. The van der Waals surface area contributed by atoms with Crippen LogP contribution in [0.25, 0.3) is 0 Å². The Morgan fingerprint density at radius 2 is 1.85 bits per heavy atom. The Kier molecular flexibility index (Phi) is 9.96. The van der Waals surface area contributed by atoms with Crippen molar-refractivity contribution in [1.82, 2.24) is 0 Å². The zero-order valence-electron chi connectivity index (χ0n) is 25.4. The lowest BCUT2D eigenvalue weighted by Gasteiger charge is -2.49. The summed E-state index contributed by atoms with van der Waals surface area (Å²) in [7, 11) is 2.96. The second-order valence-electron chi connectivity index (χ2n) is 12.4. The standard InChI is InChI=1S/C31H46O10/c1-16-22(17(2)39-29(16)34)10-11-24(33)23-9-8-20-14-21(12-13-31(20,5)27(23)30(35)37-7)41-26-15-25(36-6)28(18(3)38-26)40-19(4)32/h8,16-18,21-23,25-28H,9-15H2,1-7H3/t16-,17-,18+,21-,22+,23-,25+,26-,27+,28-,31-/m0/s1. The summed E-state index contributed by atoms with van der Waals surface area (Å²) >= 11 is 0. The average molecular weight is 579 g/mol. The van der Waals surface area contributed by atoms with Gasteiger partial charge < -0.3 is 28.4 Å². The maximum atomic E-state index is 13.6. The molecule has 4 rings (SSSR count). The number of esters is 3. The van der Waals surface area contributed by atoms with E-state index in [4.69, 9.17) is 28.4 Å². The summed E-state index contributed by atoms with van der Waals surface area (Å²) in [6, 6.07) is 0. The Bertz CT molecular complexity index is 1040. The number of Topliss-reactive ketones (excluding diaryl/α,β-unsaturated/α-hetero) is 1. The normalized spacial score (nSPS) is 40.7. The van der Waals surface area contributed by atoms with Crippen LogP contribution >= 0.6 is 0 Å². The highest BCUT2D eigenvalue weighted by Crippen LogP contribution is 2.54. The zero-order chi connectivity index (χ0) is 30.1. The maximum absolute atomic E-state index is 13.6. The molecule has 4 aliphatic rings. The van der Waals surface area contributed by atoms with Gasteiger partial charge >= 0.3 is 17.9 Å². The van der Waals surface area contributed by atoms with Crippen molar-refractivity contribution in [3.8, 4) is 0 Å². The van der Waals surface area contributed by atoms with Gasteiger partial charge in [0.15, 0.2) is 12.4 Å². The Hall–Kier alpha value is -2.30. The smallest absolute Gasteiger partial charge is 0.310 e. The lowest BCUT2D eigenvalue weighted by molar-refractivity contribution is -0.269. The first-order valence-electron chi connectivity index (χ1n) is 14.9. The van der Waals surface area contributed by atoms with Gasteiger partial charge in [-0.15, -0.1) is 0 Å². The first kappa shape index (κ1) is 31.6. The minimum absolute atomic E-state index is 0.00683. The minimum Gasteiger partial charge on any atom is -0.469 e. The van der Waals surface area contributed by atoms with Gasteiger partial charge in [-0.3, -0.25) is 19.2 Å². The van der Waals surface area contributed by atoms with E-state index in [9.17, 15) is 19.2 Å². The van der Waals surface area contributed by atoms with Gasteiger partial charge in [-0.2, -0.15) is 0 Å². The summed E-state index contributed by atoms with van der Waals surface area (Å²) in [5.41, 5.74) is 0.588. The third kappa shape index (κ3) is 6.54. The molecule has 0 aromatic carbocycles. The highest BCUT2D eigenvalue weighted by atomic mass is 16.7. The van der Waals surface area contributed by atoms with Crippen molar-refractivity contribution in [1.29, 1.82) is 0 Å². The van der Waals surface area contributed by atoms with Gasteiger partial charge in [-0.1, -0.05) is 25.5 Å². The van der Waals surface area contributed by atoms with E-state index in [1.54, 1.807) is 7.11 Å². The predicted octanol–water partition coefficient (Wildman–Crippen LogP) is 3.93. The van der Waals surface area contributed by atoms with Crippen molar-refractivity contribution < 1.29 is 47.6 Å². The van der Waals surface area contributed by atoms with E-state index < -0.39 is 29.6 Å². The lowest BCUT2D eigenvalue weighted by atomic mass is 9.55. The van der Waals surface area contributed by atoms with Crippen LogP contribution in [0.3, 0.4) is 0 Å². The van der Waals surface area contributed by atoms with E-state index >= 15 is 0 Å². The van der Waals surface area contributed by atoms with Crippen LogP contribution in [-0.4, -0.2) is 74.7 Å². The van der Waals surface area contributed by atoms with Crippen molar-refractivity contribution in [3.63, 3.8) is 0 Å². The molecule has 0 aromatic rings. The molecule has 0 radical (unpaired) electrons. The van der Waals surface area contributed by atoms with Crippen LogP contribution in [0, 0.1) is 29.1 Å². The minimum atomic E-state index is -0.578. The van der Waals surface area contributed by atoms with Gasteiger partial charge in [0.05, 0.1) is 31.2 Å². The Labute approximate surface area is 242 Å². The second-order valence-corrected chi connectivity index (χ2v) is 12.4. The van der Waals surface area contributed by atoms with Crippen LogP contribution in [0.5, 0.6) is 0 Å². The molecule has 10 heteroatoms. The average Bonchev–Trinajstić information content (AvgIpc) is 3.17. The van der Waals surface area contributed by atoms with Gasteiger partial charge in [0.2, 0.25) is 0 Å². The van der Waals surface area contributed by atoms with Crippen molar-refractivity contribution in [2.75, 3.05) is 14.2 Å². The molecule has 11 atom stereocenters. The monoisotopic (exact) mass is 578 g/mol. The Balaban J connectivity index is 1.42. The summed E-state index contributed by atoms with van der Waals surface area (Å²) in [4.78, 5) is 50.2. The van der Waals surface area contributed by atoms with E-state index in [-0.39, 0.29) is 59.9 Å². The van der Waals surface area contributed by atoms with E-state index in [1.165, 1.54) is 14.0 Å². The molecule has 2 heterocycles. The van der Waals surface area contributed by atoms with Crippen LogP contribution in [0.1, 0.15) is 79.6 Å². The van der Waals surface area contributed by atoms with Crippen molar-refractivity contribution >= 4 is 23.7 Å². The molecule has 1 saturated carbocycles. The number of rotatable bonds is 9. The second kappa shape index (κ2) is 12.9. The van der Waals surface area contributed by atoms with E-state index in [0.717, 1.165) is 5.57 Å². The Morgan fingerprint density at radius 3 is 2.46 bits per heavy atom. The number of carbonyl (C=O) groups is 4. The Morgan fingerprint density at radius 1 is 1.12 bits per heavy atom. The third-order valence-electron chi connectivity index (χ3n) is 9.95. The molecular formula is C31H46O10. The number of hydrogen-bond acceptors (Lipinski definition) is 10. The van der Waals surface area contributed by atoms with E-state index in [0.29, 0.717) is 44.9 Å². The number of ether oxygens (including phenoxy) is 6. The summed E-state index contributed by atoms with van der Waals surface area (Å²) in [5.74, 6) is -2.21. The third-order valence-corrected chi connectivity index (χ3v) is 9.95. The number of allylic oxidation sites excluding steroid dienone is 1. The number of methoxy groups -OCH3 is 2. The van der Waals surface area contributed by atoms with Gasteiger partial charge in [0.25, 0.3) is 0 Å². The van der Waals surface area contributed by atoms with Crippen LogP contribution in [-0.2, 0) is 47.6 Å². The van der Waals surface area contributed by atoms with Gasteiger partial charge in [0, 0.05) is 44.1 Å². The fourth-order valence-corrected chi connectivity index (χ4v) is 7.54. The maximum Gasteiger partial charge on any atom is 0.310 e. The van der Waals surface area contributed by atoms with E-state index in [1.807, 2.05) is 20.8 Å². The quantitative estimate of drug-likeness (QED) is 0.226. The summed E-state index contributed by atoms with van der Waals surface area (Å²) in [5, 5.41) is 0. The SMILES string of the molecule is COC(=O)[C@H]1[C@H](C(=O)CC[C@H]2[C@H](C)OC(=O)[C@H]2C)CC=C2C[C@@H](O[C@H]3C[C@@H](OC)[C@@H](OC(C)=O)[C@@H](C)O3)CC[C@@]21C. The summed E-state index contributed by atoms with van der Waals surface area (Å²) in [6.07, 6.45) is 3.77. The van der Waals surface area contributed by atoms with Crippen LogP contribution in [0.15, 0.2) is 11.6 Å². The molecule has 0 spiro atoms. The molecule has 0 aromatic heterocycles. The number of fused-ring (bicyclic) bond motifs is 1. The fraction of sp³-hybridized carbons (Fsp3) is 0.806. The van der Waals surface area contributed by atoms with Crippen LogP contribution < -0.4 is 0 Å². The molecule has 10 nitrogen and oxygen atoms in total. The van der Waals surface area contributed by atoms with Crippen molar-refractivity contribution in [2.45, 2.75) is 116 Å². The number of hydrogen-bond donors (Lipinski definition) is 0. The van der Waals surface area contributed by atoms with Crippen molar-refractivity contribution in [2.24, 2.45) is 29.1 Å². The molecule has 230 valence electrons. The van der Waals surface area contributed by atoms with Crippen LogP contribution in [0.4, 0.5) is 0 Å². The molecule has 2 aliphatic carbocycles. The molecule has 0 bridgehead atoms. The van der Waals surface area contributed by atoms with Crippen LogP contribution in [0.2, 0.25) is 0 Å². The molecule has 3 fully saturated rings. The number of carbonyl (C=O) groups excluding carboxylic acids is 4. The van der Waals surface area contributed by atoms with Gasteiger partial charge in [-0.25, -0.2) is 0 Å². The molecular weight excluding hydrogens is 532 g/mol. The highest BCUT2D eigenvalue weighted by molar-refractivity contribution is 5.88. The van der Waals surface area contributed by atoms with Gasteiger partial charge in [0.1, 0.15) is 18.0 Å². The predicted molar refractivity (Wildman–Crippen MR) is 146 cm³/mol. The molecule has 0 amide bonds. The topological polar surface area (TPSA) is 124 Å².